The molecule has 0 bridgehead atoms. The highest BCUT2D eigenvalue weighted by molar-refractivity contribution is 6.60. The van der Waals surface area contributed by atoms with Gasteiger partial charge in [-0.2, -0.15) is 4.80 Å². The van der Waals surface area contributed by atoms with E-state index in [0.717, 1.165) is 25.4 Å². The van der Waals surface area contributed by atoms with Gasteiger partial charge in [-0.3, -0.25) is 0 Å². The first kappa shape index (κ1) is 16.2. The molecule has 7 nitrogen and oxygen atoms in total. The average molecular weight is 288 g/mol. The topological polar surface area (TPSA) is 71.3 Å². The molecule has 1 heterocycles. The molecule has 19 heavy (non-hydrogen) atoms. The molecule has 0 aliphatic carbocycles. The van der Waals surface area contributed by atoms with Crippen molar-refractivity contribution >= 4 is 8.80 Å². The molecule has 8 heteroatoms. The minimum absolute atomic E-state index is 0.622. The van der Waals surface area contributed by atoms with Crippen LogP contribution in [0.5, 0.6) is 0 Å². The molecule has 0 aliphatic rings. The molecule has 0 aromatic carbocycles. The summed E-state index contributed by atoms with van der Waals surface area (Å²) < 4.78 is 17.4. The van der Waals surface area contributed by atoms with Crippen molar-refractivity contribution in [1.29, 1.82) is 0 Å². The lowest BCUT2D eigenvalue weighted by atomic mass is 10.3. The Morgan fingerprint density at radius 3 is 2.11 bits per heavy atom. The van der Waals surface area contributed by atoms with E-state index in [1.807, 2.05) is 20.8 Å². The van der Waals surface area contributed by atoms with Crippen LogP contribution in [0.25, 0.3) is 0 Å². The fourth-order valence-corrected chi connectivity index (χ4v) is 4.57. The van der Waals surface area contributed by atoms with Crippen molar-refractivity contribution < 1.29 is 13.3 Å². The van der Waals surface area contributed by atoms with Crippen molar-refractivity contribution in [1.82, 2.24) is 20.2 Å². The van der Waals surface area contributed by atoms with Crippen molar-refractivity contribution in [2.45, 2.75) is 46.2 Å². The van der Waals surface area contributed by atoms with E-state index in [1.165, 1.54) is 6.33 Å². The zero-order valence-corrected chi connectivity index (χ0v) is 13.0. The van der Waals surface area contributed by atoms with E-state index in [4.69, 9.17) is 13.3 Å². The Labute approximate surface area is 115 Å². The molecule has 0 unspecified atom stereocenters. The van der Waals surface area contributed by atoms with Gasteiger partial charge in [0.2, 0.25) is 0 Å². The van der Waals surface area contributed by atoms with Gasteiger partial charge in [0.05, 0.1) is 6.54 Å². The van der Waals surface area contributed by atoms with E-state index in [0.29, 0.717) is 19.8 Å². The number of hydrogen-bond donors (Lipinski definition) is 0. The Morgan fingerprint density at radius 2 is 1.63 bits per heavy atom. The normalized spacial score (nSPS) is 11.9. The summed E-state index contributed by atoms with van der Waals surface area (Å²) in [5.74, 6) is 0. The maximum absolute atomic E-state index is 5.79. The molecule has 0 saturated heterocycles. The largest absolute Gasteiger partial charge is 0.500 e. The number of nitrogens with zero attached hydrogens (tertiary/aromatic N) is 4. The van der Waals surface area contributed by atoms with Crippen LogP contribution < -0.4 is 0 Å². The molecule has 0 aliphatic heterocycles. The number of hydrogen-bond acceptors (Lipinski definition) is 6. The second-order valence-corrected chi connectivity index (χ2v) is 6.70. The third-order valence-electron chi connectivity index (χ3n) is 2.58. The van der Waals surface area contributed by atoms with Crippen LogP contribution >= 0.6 is 0 Å². The summed E-state index contributed by atoms with van der Waals surface area (Å²) in [5.41, 5.74) is 0. The van der Waals surface area contributed by atoms with Gasteiger partial charge in [-0.05, 0) is 38.8 Å². The summed E-state index contributed by atoms with van der Waals surface area (Å²) in [6, 6.07) is 0.831. The highest BCUT2D eigenvalue weighted by Crippen LogP contribution is 2.19. The van der Waals surface area contributed by atoms with Gasteiger partial charge in [0.15, 0.2) is 6.33 Å². The van der Waals surface area contributed by atoms with Gasteiger partial charge >= 0.3 is 8.80 Å². The maximum Gasteiger partial charge on any atom is 0.500 e. The molecule has 0 fully saturated rings. The maximum atomic E-state index is 5.79. The molecular weight excluding hydrogens is 264 g/mol. The molecule has 1 rings (SSSR count). The smallest absolute Gasteiger partial charge is 0.374 e. The third kappa shape index (κ3) is 5.77. The van der Waals surface area contributed by atoms with Crippen molar-refractivity contribution in [3.05, 3.63) is 6.33 Å². The van der Waals surface area contributed by atoms with E-state index < -0.39 is 8.80 Å². The molecule has 0 N–H and O–H groups in total. The first-order chi connectivity index (χ1) is 9.26. The van der Waals surface area contributed by atoms with Gasteiger partial charge < -0.3 is 13.3 Å². The molecule has 1 aromatic heterocycles. The Balaban J connectivity index is 2.37. The van der Waals surface area contributed by atoms with Crippen LogP contribution in [0.2, 0.25) is 6.04 Å². The second-order valence-electron chi connectivity index (χ2n) is 3.97. The molecule has 0 amide bonds. The lowest BCUT2D eigenvalue weighted by Crippen LogP contribution is -2.45. The summed E-state index contributed by atoms with van der Waals surface area (Å²) in [6.07, 6.45) is 3.37. The Kier molecular flexibility index (Phi) is 7.80. The molecule has 110 valence electrons. The van der Waals surface area contributed by atoms with Crippen LogP contribution in [0.1, 0.15) is 33.6 Å². The number of aryl methyl sites for hydroxylation is 1. The molecule has 0 spiro atoms. The molecule has 0 radical (unpaired) electrons. The fourth-order valence-electron chi connectivity index (χ4n) is 1.89. The van der Waals surface area contributed by atoms with Crippen molar-refractivity contribution in [3.8, 4) is 0 Å². The standard InChI is InChI=1S/C11H24N4O3Si/c1-4-16-19(17-5-2,18-6-3)10-8-7-9-15-13-11-12-14-15/h11H,4-10H2,1-3H3. The average Bonchev–Trinajstić information content (AvgIpc) is 2.89. The van der Waals surface area contributed by atoms with E-state index in [-0.39, 0.29) is 0 Å². The highest BCUT2D eigenvalue weighted by Gasteiger charge is 2.39. The molecule has 0 atom stereocenters. The first-order valence-corrected chi connectivity index (χ1v) is 8.82. The van der Waals surface area contributed by atoms with Crippen LogP contribution in [-0.4, -0.2) is 48.8 Å². The zero-order valence-electron chi connectivity index (χ0n) is 12.0. The third-order valence-corrected chi connectivity index (χ3v) is 5.73. The van der Waals surface area contributed by atoms with Crippen LogP contribution in [0, 0.1) is 0 Å². The molecule has 1 aromatic rings. The van der Waals surface area contributed by atoms with E-state index in [9.17, 15) is 0 Å². The molecular formula is C11H24N4O3Si. The summed E-state index contributed by atoms with van der Waals surface area (Å²) in [7, 11) is -2.48. The summed E-state index contributed by atoms with van der Waals surface area (Å²) in [4.78, 5) is 1.59. The Morgan fingerprint density at radius 1 is 1.00 bits per heavy atom. The number of unbranched alkanes of at least 4 members (excludes halogenated alkanes) is 1. The van der Waals surface area contributed by atoms with Crippen LogP contribution in [0.3, 0.4) is 0 Å². The van der Waals surface area contributed by atoms with Crippen molar-refractivity contribution in [2.75, 3.05) is 19.8 Å². The number of aromatic nitrogens is 4. The summed E-state index contributed by atoms with van der Waals surface area (Å²) >= 11 is 0. The Bertz CT molecular complexity index is 307. The van der Waals surface area contributed by atoms with Gasteiger partial charge in [0.25, 0.3) is 0 Å². The van der Waals surface area contributed by atoms with Gasteiger partial charge in [0, 0.05) is 25.9 Å². The first-order valence-electron chi connectivity index (χ1n) is 6.89. The quantitative estimate of drug-likeness (QED) is 0.454. The highest BCUT2D eigenvalue weighted by atomic mass is 28.4. The van der Waals surface area contributed by atoms with Crippen molar-refractivity contribution in [3.63, 3.8) is 0 Å². The second kappa shape index (κ2) is 9.13. The lowest BCUT2D eigenvalue weighted by Gasteiger charge is -2.28. The van der Waals surface area contributed by atoms with Crippen LogP contribution in [-0.2, 0) is 19.8 Å². The predicted octanol–water partition coefficient (Wildman–Crippen LogP) is 1.50. The van der Waals surface area contributed by atoms with Gasteiger partial charge in [-0.25, -0.2) is 0 Å². The van der Waals surface area contributed by atoms with Gasteiger partial charge in [-0.1, -0.05) is 0 Å². The minimum Gasteiger partial charge on any atom is -0.374 e. The van der Waals surface area contributed by atoms with Gasteiger partial charge in [-0.15, -0.1) is 10.2 Å². The van der Waals surface area contributed by atoms with Crippen molar-refractivity contribution in [2.24, 2.45) is 0 Å². The molecule has 0 saturated carbocycles. The summed E-state index contributed by atoms with van der Waals surface area (Å²) in [5, 5.41) is 11.5. The van der Waals surface area contributed by atoms with E-state index in [1.54, 1.807) is 4.80 Å². The van der Waals surface area contributed by atoms with E-state index in [2.05, 4.69) is 15.4 Å². The minimum atomic E-state index is -2.48. The van der Waals surface area contributed by atoms with Crippen LogP contribution in [0.15, 0.2) is 6.33 Å². The SMILES string of the molecule is CCO[Si](CCCCn1ncnn1)(OCC)OCC. The number of rotatable bonds is 11. The lowest BCUT2D eigenvalue weighted by molar-refractivity contribution is 0.0705. The number of tetrazole rings is 1. The zero-order chi connectivity index (χ0) is 14.0. The Hall–Kier alpha value is -0.833. The van der Waals surface area contributed by atoms with Crippen LogP contribution in [0.4, 0.5) is 0 Å². The fraction of sp³-hybridized carbons (Fsp3) is 0.909. The predicted molar refractivity (Wildman–Crippen MR) is 72.5 cm³/mol. The van der Waals surface area contributed by atoms with E-state index >= 15 is 0 Å². The monoisotopic (exact) mass is 288 g/mol. The summed E-state index contributed by atoms with van der Waals surface area (Å²) in [6.45, 7) is 8.54. The van der Waals surface area contributed by atoms with Gasteiger partial charge in [0.1, 0.15) is 0 Å².